The molecule has 0 unspecified atom stereocenters. The molecule has 0 radical (unpaired) electrons. The van der Waals surface area contributed by atoms with Crippen LogP contribution < -0.4 is 10.5 Å². The number of amides is 1. The van der Waals surface area contributed by atoms with Crippen molar-refractivity contribution in [2.24, 2.45) is 5.14 Å². The molecule has 0 aliphatic heterocycles. The third-order valence-electron chi connectivity index (χ3n) is 2.19. The van der Waals surface area contributed by atoms with Gasteiger partial charge in [0, 0.05) is 5.69 Å². The van der Waals surface area contributed by atoms with Crippen molar-refractivity contribution in [2.75, 3.05) is 16.8 Å². The summed E-state index contributed by atoms with van der Waals surface area (Å²) in [4.78, 5) is 11.4. The Labute approximate surface area is 117 Å². The van der Waals surface area contributed by atoms with E-state index in [-0.39, 0.29) is 16.3 Å². The quantitative estimate of drug-likeness (QED) is 0.707. The Morgan fingerprint density at radius 2 is 1.75 bits per heavy atom. The number of benzene rings is 1. The molecule has 0 aliphatic rings. The number of carbonyl (C=O) groups is 1. The fourth-order valence-corrected chi connectivity index (χ4v) is 2.83. The average molecular weight is 318 g/mol. The van der Waals surface area contributed by atoms with Gasteiger partial charge in [0.2, 0.25) is 15.9 Å². The van der Waals surface area contributed by atoms with Gasteiger partial charge in [-0.15, -0.1) is 6.58 Å². The SMILES string of the molecule is C=CCS(=O)(=O)CC(=O)Nc1ccc(S(N)(=O)=O)cc1. The van der Waals surface area contributed by atoms with Crippen molar-refractivity contribution in [3.63, 3.8) is 0 Å². The summed E-state index contributed by atoms with van der Waals surface area (Å²) in [6, 6.07) is 5.06. The van der Waals surface area contributed by atoms with E-state index in [2.05, 4.69) is 11.9 Å². The standard InChI is InChI=1S/C11H14N2O5S2/c1-2-7-19(15,16)8-11(14)13-9-3-5-10(6-4-9)20(12,17)18/h2-6H,1,7-8H2,(H,13,14)(H2,12,17,18). The highest BCUT2D eigenvalue weighted by Crippen LogP contribution is 2.12. The monoisotopic (exact) mass is 318 g/mol. The Morgan fingerprint density at radius 1 is 1.20 bits per heavy atom. The van der Waals surface area contributed by atoms with Crippen LogP contribution in [0, 0.1) is 0 Å². The predicted molar refractivity (Wildman–Crippen MR) is 75.3 cm³/mol. The molecule has 3 N–H and O–H groups in total. The normalized spacial score (nSPS) is 11.8. The summed E-state index contributed by atoms with van der Waals surface area (Å²) >= 11 is 0. The van der Waals surface area contributed by atoms with Crippen LogP contribution in [0.4, 0.5) is 5.69 Å². The lowest BCUT2D eigenvalue weighted by Crippen LogP contribution is -2.24. The van der Waals surface area contributed by atoms with E-state index in [1.54, 1.807) is 0 Å². The van der Waals surface area contributed by atoms with E-state index in [0.29, 0.717) is 0 Å². The Balaban J connectivity index is 2.75. The zero-order chi connectivity index (χ0) is 15.4. The van der Waals surface area contributed by atoms with E-state index < -0.39 is 31.5 Å². The number of carbonyl (C=O) groups excluding carboxylic acids is 1. The molecule has 1 aromatic carbocycles. The fourth-order valence-electron chi connectivity index (χ4n) is 1.36. The van der Waals surface area contributed by atoms with Gasteiger partial charge in [-0.3, -0.25) is 4.79 Å². The molecule has 0 bridgehead atoms. The lowest BCUT2D eigenvalue weighted by Gasteiger charge is -2.06. The van der Waals surface area contributed by atoms with Crippen LogP contribution in [-0.2, 0) is 24.7 Å². The summed E-state index contributed by atoms with van der Waals surface area (Å²) in [5.41, 5.74) is 0.274. The number of anilines is 1. The molecule has 0 spiro atoms. The van der Waals surface area contributed by atoms with Crippen molar-refractivity contribution < 1.29 is 21.6 Å². The molecule has 0 saturated heterocycles. The van der Waals surface area contributed by atoms with Crippen molar-refractivity contribution in [3.05, 3.63) is 36.9 Å². The Morgan fingerprint density at radius 3 is 2.20 bits per heavy atom. The number of rotatable bonds is 6. The van der Waals surface area contributed by atoms with Gasteiger partial charge >= 0.3 is 0 Å². The molecule has 0 heterocycles. The third-order valence-corrected chi connectivity index (χ3v) is 4.56. The maximum absolute atomic E-state index is 11.5. The molecule has 1 aromatic rings. The van der Waals surface area contributed by atoms with Gasteiger partial charge in [0.05, 0.1) is 10.6 Å². The first-order valence-corrected chi connectivity index (χ1v) is 8.75. The van der Waals surface area contributed by atoms with E-state index in [0.717, 1.165) is 0 Å². The number of sulfonamides is 1. The van der Waals surface area contributed by atoms with Gasteiger partial charge in [0.1, 0.15) is 5.75 Å². The molecule has 0 saturated carbocycles. The third kappa shape index (κ3) is 5.11. The van der Waals surface area contributed by atoms with Crippen molar-refractivity contribution in [1.29, 1.82) is 0 Å². The highest BCUT2D eigenvalue weighted by Gasteiger charge is 2.15. The molecule has 1 rings (SSSR count). The second-order valence-corrected chi connectivity index (χ2v) is 7.63. The van der Waals surface area contributed by atoms with Crippen LogP contribution in [0.5, 0.6) is 0 Å². The number of nitrogens with one attached hydrogen (secondary N) is 1. The van der Waals surface area contributed by atoms with E-state index in [1.165, 1.54) is 30.3 Å². The minimum absolute atomic E-state index is 0.102. The molecular weight excluding hydrogens is 304 g/mol. The highest BCUT2D eigenvalue weighted by atomic mass is 32.2. The Hall–Kier alpha value is -1.71. The predicted octanol–water partition coefficient (Wildman–Crippen LogP) is -0.127. The van der Waals surface area contributed by atoms with Gasteiger partial charge in [-0.05, 0) is 24.3 Å². The number of nitrogens with two attached hydrogens (primary N) is 1. The first kappa shape index (κ1) is 16.3. The molecule has 0 atom stereocenters. The summed E-state index contributed by atoms with van der Waals surface area (Å²) in [7, 11) is -7.33. The zero-order valence-corrected chi connectivity index (χ0v) is 12.1. The van der Waals surface area contributed by atoms with Crippen LogP contribution >= 0.6 is 0 Å². The van der Waals surface area contributed by atoms with Crippen LogP contribution in [0.15, 0.2) is 41.8 Å². The molecular formula is C11H14N2O5S2. The first-order valence-electron chi connectivity index (χ1n) is 5.38. The minimum Gasteiger partial charge on any atom is -0.325 e. The smallest absolute Gasteiger partial charge is 0.239 e. The molecule has 0 aromatic heterocycles. The average Bonchev–Trinajstić information content (AvgIpc) is 2.27. The molecule has 1 amide bonds. The maximum atomic E-state index is 11.5. The van der Waals surface area contributed by atoms with Gasteiger partial charge in [-0.2, -0.15) is 0 Å². The Kier molecular flexibility index (Phi) is 5.03. The molecule has 0 fully saturated rings. The molecule has 20 heavy (non-hydrogen) atoms. The van der Waals surface area contributed by atoms with Crippen molar-refractivity contribution >= 4 is 31.5 Å². The van der Waals surface area contributed by atoms with Crippen molar-refractivity contribution in [3.8, 4) is 0 Å². The second kappa shape index (κ2) is 6.16. The van der Waals surface area contributed by atoms with Crippen LogP contribution in [0.1, 0.15) is 0 Å². The second-order valence-electron chi connectivity index (χ2n) is 3.96. The summed E-state index contributed by atoms with van der Waals surface area (Å²) in [6.07, 6.45) is 1.20. The van der Waals surface area contributed by atoms with Gasteiger partial charge in [-0.1, -0.05) is 6.08 Å². The van der Waals surface area contributed by atoms with E-state index in [4.69, 9.17) is 5.14 Å². The van der Waals surface area contributed by atoms with Gasteiger partial charge in [0.15, 0.2) is 9.84 Å². The zero-order valence-electron chi connectivity index (χ0n) is 10.4. The lowest BCUT2D eigenvalue weighted by molar-refractivity contribution is -0.113. The molecule has 0 aliphatic carbocycles. The maximum Gasteiger partial charge on any atom is 0.239 e. The van der Waals surface area contributed by atoms with Crippen molar-refractivity contribution in [1.82, 2.24) is 0 Å². The van der Waals surface area contributed by atoms with Gasteiger partial charge < -0.3 is 5.32 Å². The Bertz CT molecular complexity index is 706. The van der Waals surface area contributed by atoms with E-state index in [1.807, 2.05) is 0 Å². The number of hydrogen-bond acceptors (Lipinski definition) is 5. The van der Waals surface area contributed by atoms with Crippen LogP contribution in [0.2, 0.25) is 0 Å². The largest absolute Gasteiger partial charge is 0.325 e. The minimum atomic E-state index is -3.80. The lowest BCUT2D eigenvalue weighted by atomic mass is 10.3. The number of sulfone groups is 1. The van der Waals surface area contributed by atoms with Gasteiger partial charge in [-0.25, -0.2) is 22.0 Å². The summed E-state index contributed by atoms with van der Waals surface area (Å²) < 4.78 is 44.8. The first-order chi connectivity index (χ1) is 9.14. The van der Waals surface area contributed by atoms with E-state index in [9.17, 15) is 21.6 Å². The summed E-state index contributed by atoms with van der Waals surface area (Å²) in [5.74, 6) is -1.67. The number of primary sulfonamides is 1. The van der Waals surface area contributed by atoms with E-state index >= 15 is 0 Å². The molecule has 110 valence electrons. The summed E-state index contributed by atoms with van der Waals surface area (Å²) in [5, 5.41) is 7.27. The fraction of sp³-hybridized carbons (Fsp3) is 0.182. The van der Waals surface area contributed by atoms with Crippen LogP contribution in [0.3, 0.4) is 0 Å². The van der Waals surface area contributed by atoms with Crippen LogP contribution in [-0.4, -0.2) is 34.2 Å². The summed E-state index contributed by atoms with van der Waals surface area (Å²) in [6.45, 7) is 3.29. The van der Waals surface area contributed by atoms with Gasteiger partial charge in [0.25, 0.3) is 0 Å². The van der Waals surface area contributed by atoms with Crippen molar-refractivity contribution in [2.45, 2.75) is 4.90 Å². The molecule has 9 heteroatoms. The highest BCUT2D eigenvalue weighted by molar-refractivity contribution is 7.92. The topological polar surface area (TPSA) is 123 Å². The number of hydrogen-bond donors (Lipinski definition) is 2. The molecule has 7 nitrogen and oxygen atoms in total. The van der Waals surface area contributed by atoms with Crippen LogP contribution in [0.25, 0.3) is 0 Å².